The van der Waals surface area contributed by atoms with Crippen molar-refractivity contribution in [1.82, 2.24) is 34.7 Å². The molecule has 4 aromatic heterocycles. The Bertz CT molecular complexity index is 1440. The third-order valence-electron chi connectivity index (χ3n) is 7.23. The zero-order chi connectivity index (χ0) is 24.3. The first-order valence-corrected chi connectivity index (χ1v) is 11.8. The average molecular weight is 497 g/mol. The molecule has 12 heteroatoms. The number of carboxylic acid groups (broad SMARTS) is 1. The van der Waals surface area contributed by atoms with Gasteiger partial charge in [-0.2, -0.15) is 5.10 Å². The molecule has 0 aromatic carbocycles. The lowest BCUT2D eigenvalue weighted by Crippen LogP contribution is -2.51. The summed E-state index contributed by atoms with van der Waals surface area (Å²) in [4.78, 5) is 32.7. The van der Waals surface area contributed by atoms with Crippen LogP contribution in [0.25, 0.3) is 33.8 Å². The zero-order valence-corrected chi connectivity index (χ0v) is 19.5. The summed E-state index contributed by atoms with van der Waals surface area (Å²) < 4.78 is 17.4. The van der Waals surface area contributed by atoms with E-state index in [9.17, 15) is 9.90 Å². The van der Waals surface area contributed by atoms with E-state index in [0.717, 1.165) is 25.7 Å². The van der Waals surface area contributed by atoms with Gasteiger partial charge in [-0.25, -0.2) is 24.3 Å². The molecule has 0 unspecified atom stereocenters. The predicted molar refractivity (Wildman–Crippen MR) is 126 cm³/mol. The van der Waals surface area contributed by atoms with Crippen LogP contribution >= 0.6 is 11.6 Å². The highest BCUT2D eigenvalue weighted by Crippen LogP contribution is 2.46. The quantitative estimate of drug-likeness (QED) is 0.378. The summed E-state index contributed by atoms with van der Waals surface area (Å²) in [5, 5.41) is 17.5. The molecule has 4 heterocycles. The number of aromatic amines is 1. The van der Waals surface area contributed by atoms with Crippen LogP contribution in [0, 0.1) is 23.6 Å². The van der Waals surface area contributed by atoms with Crippen molar-refractivity contribution in [3.05, 3.63) is 35.8 Å². The van der Waals surface area contributed by atoms with Crippen molar-refractivity contribution in [1.29, 1.82) is 0 Å². The highest BCUT2D eigenvalue weighted by Gasteiger charge is 2.47. The van der Waals surface area contributed by atoms with Gasteiger partial charge in [-0.1, -0.05) is 11.6 Å². The maximum Gasteiger partial charge on any atom is 0.308 e. The van der Waals surface area contributed by atoms with Gasteiger partial charge in [0.25, 0.3) is 0 Å². The lowest BCUT2D eigenvalue weighted by Gasteiger charge is -2.47. The van der Waals surface area contributed by atoms with Crippen molar-refractivity contribution in [3.63, 3.8) is 0 Å². The van der Waals surface area contributed by atoms with Crippen LogP contribution in [0.1, 0.15) is 25.7 Å². The van der Waals surface area contributed by atoms with E-state index in [1.807, 2.05) is 0 Å². The van der Waals surface area contributed by atoms with Crippen molar-refractivity contribution in [2.24, 2.45) is 24.8 Å². The molecule has 7 rings (SSSR count). The van der Waals surface area contributed by atoms with Gasteiger partial charge >= 0.3 is 5.97 Å². The average Bonchev–Trinajstić information content (AvgIpc) is 3.46. The third kappa shape index (κ3) is 3.70. The number of rotatable bonds is 5. The number of nitrogens with zero attached hydrogens (tertiary/aromatic N) is 6. The summed E-state index contributed by atoms with van der Waals surface area (Å²) in [7, 11) is 1.73. The van der Waals surface area contributed by atoms with Gasteiger partial charge in [0, 0.05) is 31.0 Å². The van der Waals surface area contributed by atoms with E-state index < -0.39 is 23.7 Å². The second-order valence-corrected chi connectivity index (χ2v) is 9.65. The van der Waals surface area contributed by atoms with Crippen LogP contribution in [0.5, 0.6) is 0 Å². The van der Waals surface area contributed by atoms with Gasteiger partial charge in [0.1, 0.15) is 16.4 Å². The van der Waals surface area contributed by atoms with Crippen molar-refractivity contribution in [2.45, 2.75) is 31.7 Å². The van der Waals surface area contributed by atoms with E-state index in [4.69, 9.17) is 11.6 Å². The lowest BCUT2D eigenvalue weighted by molar-refractivity contribution is -0.148. The van der Waals surface area contributed by atoms with Crippen LogP contribution in [-0.4, -0.2) is 51.8 Å². The van der Waals surface area contributed by atoms with Crippen LogP contribution in [0.4, 0.5) is 10.2 Å². The van der Waals surface area contributed by atoms with Crippen molar-refractivity contribution in [2.75, 3.05) is 5.32 Å². The minimum atomic E-state index is -0.861. The molecule has 3 fully saturated rings. The molecule has 0 spiro atoms. The maximum absolute atomic E-state index is 15.9. The molecule has 10 nitrogen and oxygen atoms in total. The fourth-order valence-electron chi connectivity index (χ4n) is 5.61. The van der Waals surface area contributed by atoms with Gasteiger partial charge in [0.05, 0.1) is 23.9 Å². The van der Waals surface area contributed by atoms with Crippen molar-refractivity contribution >= 4 is 34.6 Å². The number of aryl methyl sites for hydroxylation is 1. The van der Waals surface area contributed by atoms with Crippen molar-refractivity contribution < 1.29 is 14.3 Å². The fourth-order valence-corrected chi connectivity index (χ4v) is 5.74. The molecular formula is C23H22ClFN8O2. The van der Waals surface area contributed by atoms with Gasteiger partial charge in [-0.3, -0.25) is 9.48 Å². The van der Waals surface area contributed by atoms with E-state index in [1.165, 1.54) is 12.4 Å². The number of anilines is 1. The Hall–Kier alpha value is -3.60. The summed E-state index contributed by atoms with van der Waals surface area (Å²) in [5.41, 5.74) is 1.98. The number of hydrogen-bond donors (Lipinski definition) is 3. The molecule has 3 aliphatic carbocycles. The van der Waals surface area contributed by atoms with E-state index in [-0.39, 0.29) is 34.3 Å². The molecule has 0 aliphatic heterocycles. The second-order valence-electron chi connectivity index (χ2n) is 9.26. The van der Waals surface area contributed by atoms with Crippen LogP contribution in [-0.2, 0) is 11.8 Å². The molecule has 3 aliphatic rings. The van der Waals surface area contributed by atoms with Crippen LogP contribution in [0.2, 0.25) is 5.15 Å². The molecule has 0 amide bonds. The Balaban J connectivity index is 1.50. The van der Waals surface area contributed by atoms with Gasteiger partial charge in [-0.05, 0) is 37.5 Å². The number of aromatic nitrogens is 7. The summed E-state index contributed by atoms with van der Waals surface area (Å²) in [6.45, 7) is 0. The van der Waals surface area contributed by atoms with E-state index in [1.54, 1.807) is 24.1 Å². The van der Waals surface area contributed by atoms with Gasteiger partial charge in [-0.15, -0.1) is 0 Å². The molecule has 0 radical (unpaired) electrons. The van der Waals surface area contributed by atoms with Gasteiger partial charge in [0.2, 0.25) is 0 Å². The number of H-pyrrole nitrogens is 1. The summed E-state index contributed by atoms with van der Waals surface area (Å²) in [6, 6.07) is -0.420. The Kier molecular flexibility index (Phi) is 5.17. The number of fused-ring (bicyclic) bond motifs is 4. The first kappa shape index (κ1) is 21.9. The highest BCUT2D eigenvalue weighted by molar-refractivity contribution is 6.29. The first-order valence-electron chi connectivity index (χ1n) is 11.4. The Labute approximate surface area is 204 Å². The number of aliphatic carboxylic acids is 1. The number of carboxylic acids is 1. The van der Waals surface area contributed by atoms with Crippen LogP contribution in [0.15, 0.2) is 24.8 Å². The van der Waals surface area contributed by atoms with Crippen LogP contribution in [0.3, 0.4) is 0 Å². The third-order valence-corrected chi connectivity index (χ3v) is 7.41. The Morgan fingerprint density at radius 2 is 1.97 bits per heavy atom. The van der Waals surface area contributed by atoms with Gasteiger partial charge < -0.3 is 15.4 Å². The maximum atomic E-state index is 15.9. The molecule has 3 N–H and O–H groups in total. The lowest BCUT2D eigenvalue weighted by atomic mass is 9.61. The van der Waals surface area contributed by atoms with Crippen LogP contribution < -0.4 is 5.32 Å². The highest BCUT2D eigenvalue weighted by atomic mass is 35.5. The van der Waals surface area contributed by atoms with E-state index in [0.29, 0.717) is 22.3 Å². The first-order chi connectivity index (χ1) is 16.9. The standard InChI is InChI=1S/C23H22ClFN8O2/c1-33-9-12(6-28-33)18-16(25)21(30-17-11-4-2-10(3-5-11)15(17)23(34)35)32-20(31-18)13-7-26-22-19(13)29-14(24)8-27-22/h6-11,15,17H,2-5H2,1H3,(H,26,27)(H,34,35)(H,30,31,32)/t10?,11?,15-,17-/m0/s1. The molecule has 180 valence electrons. The fraction of sp³-hybridized carbons (Fsp3) is 0.391. The topological polar surface area (TPSA) is 134 Å². The zero-order valence-electron chi connectivity index (χ0n) is 18.7. The number of hydrogen-bond acceptors (Lipinski definition) is 7. The van der Waals surface area contributed by atoms with E-state index >= 15 is 4.39 Å². The van der Waals surface area contributed by atoms with Gasteiger partial charge in [0.15, 0.2) is 23.1 Å². The molecule has 3 saturated carbocycles. The molecule has 2 bridgehead atoms. The number of carbonyl (C=O) groups is 1. The predicted octanol–water partition coefficient (Wildman–Crippen LogP) is 3.91. The van der Waals surface area contributed by atoms with E-state index in [2.05, 4.69) is 35.3 Å². The minimum absolute atomic E-state index is 0.0398. The SMILES string of the molecule is Cn1cc(-c2nc(-c3c[nH]c4ncc(Cl)nc34)nc(N[C@H]3C4CCC(CC4)[C@@H]3C(=O)O)c2F)cn1. The number of halogens is 2. The minimum Gasteiger partial charge on any atom is -0.481 e. The molecule has 2 atom stereocenters. The molecular weight excluding hydrogens is 475 g/mol. The molecule has 0 saturated heterocycles. The molecule has 4 aromatic rings. The normalized spacial score (nSPS) is 23.6. The Morgan fingerprint density at radius 3 is 2.69 bits per heavy atom. The summed E-state index contributed by atoms with van der Waals surface area (Å²) >= 11 is 6.06. The summed E-state index contributed by atoms with van der Waals surface area (Å²) in [5.74, 6) is -1.73. The Morgan fingerprint density at radius 1 is 1.20 bits per heavy atom. The smallest absolute Gasteiger partial charge is 0.308 e. The number of nitrogens with one attached hydrogen (secondary N) is 2. The largest absolute Gasteiger partial charge is 0.481 e. The summed E-state index contributed by atoms with van der Waals surface area (Å²) in [6.07, 6.45) is 9.85. The molecule has 35 heavy (non-hydrogen) atoms. The van der Waals surface area contributed by atoms with Crippen molar-refractivity contribution in [3.8, 4) is 22.6 Å². The monoisotopic (exact) mass is 496 g/mol. The second kappa shape index (κ2) is 8.26.